The zero-order chi connectivity index (χ0) is 16.4. The second-order valence-electron chi connectivity index (χ2n) is 6.91. The smallest absolute Gasteiger partial charge is 0.0720 e. The predicted molar refractivity (Wildman–Crippen MR) is 99.3 cm³/mol. The summed E-state index contributed by atoms with van der Waals surface area (Å²) in [4.78, 5) is 4.87. The van der Waals surface area contributed by atoms with Gasteiger partial charge in [-0.1, -0.05) is 80.9 Å². The number of fused-ring (bicyclic) bond motifs is 1. The highest BCUT2D eigenvalue weighted by molar-refractivity contribution is 6.35. The van der Waals surface area contributed by atoms with Crippen molar-refractivity contribution < 1.29 is 0 Å². The summed E-state index contributed by atoms with van der Waals surface area (Å²) >= 11 is 6.48. The third kappa shape index (κ3) is 3.40. The number of rotatable bonds is 4. The number of pyridine rings is 1. The second kappa shape index (κ2) is 6.33. The third-order valence-corrected chi connectivity index (χ3v) is 4.86. The van der Waals surface area contributed by atoms with Crippen molar-refractivity contribution in [2.45, 2.75) is 38.5 Å². The van der Waals surface area contributed by atoms with E-state index in [0.717, 1.165) is 28.0 Å². The molecule has 0 fully saturated rings. The molecule has 0 saturated heterocycles. The van der Waals surface area contributed by atoms with Gasteiger partial charge in [-0.3, -0.25) is 4.98 Å². The fourth-order valence-electron chi connectivity index (χ4n) is 3.25. The predicted octanol–water partition coefficient (Wildman–Crippen LogP) is 6.36. The average molecular weight is 324 g/mol. The van der Waals surface area contributed by atoms with Gasteiger partial charge in [0, 0.05) is 16.5 Å². The van der Waals surface area contributed by atoms with Gasteiger partial charge in [0.1, 0.15) is 0 Å². The lowest BCUT2D eigenvalue weighted by Crippen LogP contribution is -2.21. The van der Waals surface area contributed by atoms with Crippen LogP contribution in [0.15, 0.2) is 60.7 Å². The zero-order valence-corrected chi connectivity index (χ0v) is 14.6. The highest BCUT2D eigenvalue weighted by Gasteiger charge is 2.26. The first-order valence-electron chi connectivity index (χ1n) is 8.08. The van der Waals surface area contributed by atoms with Crippen LogP contribution in [0.1, 0.15) is 44.4 Å². The van der Waals surface area contributed by atoms with Gasteiger partial charge in [0.05, 0.1) is 10.5 Å². The molecule has 0 N–H and O–H groups in total. The standard InChI is InChI=1S/C21H22ClN/c1-15(16-9-5-4-6-10-16)14-21(2,3)20-13-18(22)17-11-7-8-12-19(17)23-20/h4-13,15H,14H2,1-3H3. The summed E-state index contributed by atoms with van der Waals surface area (Å²) in [5.41, 5.74) is 3.36. The summed E-state index contributed by atoms with van der Waals surface area (Å²) in [5, 5.41) is 1.80. The van der Waals surface area contributed by atoms with Gasteiger partial charge in [-0.05, 0) is 30.0 Å². The van der Waals surface area contributed by atoms with Crippen LogP contribution in [0.4, 0.5) is 0 Å². The molecule has 0 aliphatic rings. The van der Waals surface area contributed by atoms with Gasteiger partial charge in [0.25, 0.3) is 0 Å². The Labute approximate surface area is 143 Å². The Kier molecular flexibility index (Phi) is 4.41. The van der Waals surface area contributed by atoms with Crippen molar-refractivity contribution in [1.29, 1.82) is 0 Å². The fraction of sp³-hybridized carbons (Fsp3) is 0.286. The molecular formula is C21H22ClN. The van der Waals surface area contributed by atoms with Crippen LogP contribution >= 0.6 is 11.6 Å². The maximum atomic E-state index is 6.48. The summed E-state index contributed by atoms with van der Waals surface area (Å²) in [5.74, 6) is 0.471. The van der Waals surface area contributed by atoms with Crippen LogP contribution in [-0.2, 0) is 5.41 Å². The minimum Gasteiger partial charge on any atom is -0.252 e. The van der Waals surface area contributed by atoms with Crippen LogP contribution in [0.5, 0.6) is 0 Å². The molecule has 23 heavy (non-hydrogen) atoms. The zero-order valence-electron chi connectivity index (χ0n) is 13.9. The molecule has 0 aliphatic heterocycles. The van der Waals surface area contributed by atoms with Crippen molar-refractivity contribution in [2.24, 2.45) is 0 Å². The van der Waals surface area contributed by atoms with Crippen LogP contribution in [0.25, 0.3) is 10.9 Å². The van der Waals surface area contributed by atoms with Crippen LogP contribution in [-0.4, -0.2) is 4.98 Å². The van der Waals surface area contributed by atoms with E-state index in [2.05, 4.69) is 51.1 Å². The van der Waals surface area contributed by atoms with Gasteiger partial charge in [-0.2, -0.15) is 0 Å². The Hall–Kier alpha value is -1.86. The Bertz CT molecular complexity index is 808. The number of benzene rings is 2. The minimum atomic E-state index is -0.0388. The summed E-state index contributed by atoms with van der Waals surface area (Å²) in [7, 11) is 0. The lowest BCUT2D eigenvalue weighted by atomic mass is 9.78. The second-order valence-corrected chi connectivity index (χ2v) is 7.31. The molecule has 0 saturated carbocycles. The van der Waals surface area contributed by atoms with Crippen molar-refractivity contribution in [1.82, 2.24) is 4.98 Å². The van der Waals surface area contributed by atoms with E-state index in [0.29, 0.717) is 5.92 Å². The number of hydrogen-bond donors (Lipinski definition) is 0. The molecule has 1 nitrogen and oxygen atoms in total. The maximum absolute atomic E-state index is 6.48. The van der Waals surface area contributed by atoms with Crippen LogP contribution in [0.3, 0.4) is 0 Å². The summed E-state index contributed by atoms with van der Waals surface area (Å²) in [6, 6.07) is 20.7. The van der Waals surface area contributed by atoms with Gasteiger partial charge in [0.2, 0.25) is 0 Å². The Morgan fingerprint density at radius 1 is 1.00 bits per heavy atom. The molecular weight excluding hydrogens is 302 g/mol. The van der Waals surface area contributed by atoms with E-state index in [-0.39, 0.29) is 5.41 Å². The first-order chi connectivity index (χ1) is 11.0. The highest BCUT2D eigenvalue weighted by atomic mass is 35.5. The average Bonchev–Trinajstić information content (AvgIpc) is 2.55. The molecule has 3 aromatic rings. The highest BCUT2D eigenvalue weighted by Crippen LogP contribution is 2.36. The molecule has 0 amide bonds. The SMILES string of the molecule is CC(CC(C)(C)c1cc(Cl)c2ccccc2n1)c1ccccc1. The normalized spacial score (nSPS) is 13.2. The monoisotopic (exact) mass is 323 g/mol. The first-order valence-corrected chi connectivity index (χ1v) is 8.46. The minimum absolute atomic E-state index is 0.0388. The molecule has 2 aromatic carbocycles. The van der Waals surface area contributed by atoms with Crippen LogP contribution < -0.4 is 0 Å². The quantitative estimate of drug-likeness (QED) is 0.544. The molecule has 0 radical (unpaired) electrons. The molecule has 1 unspecified atom stereocenters. The third-order valence-electron chi connectivity index (χ3n) is 4.54. The van der Waals surface area contributed by atoms with Crippen molar-refractivity contribution >= 4 is 22.5 Å². The lowest BCUT2D eigenvalue weighted by molar-refractivity contribution is 0.428. The molecule has 2 heteroatoms. The first kappa shape index (κ1) is 16.0. The number of halogens is 1. The Balaban J connectivity index is 1.93. The summed E-state index contributed by atoms with van der Waals surface area (Å²) in [6.45, 7) is 6.78. The van der Waals surface area contributed by atoms with Gasteiger partial charge in [-0.15, -0.1) is 0 Å². The van der Waals surface area contributed by atoms with Gasteiger partial charge >= 0.3 is 0 Å². The fourth-order valence-corrected chi connectivity index (χ4v) is 3.51. The Morgan fingerprint density at radius 3 is 2.39 bits per heavy atom. The molecule has 0 bridgehead atoms. The summed E-state index contributed by atoms with van der Waals surface area (Å²) in [6.07, 6.45) is 1.03. The number of aromatic nitrogens is 1. The van der Waals surface area contributed by atoms with E-state index in [4.69, 9.17) is 16.6 Å². The van der Waals surface area contributed by atoms with Gasteiger partial charge in [-0.25, -0.2) is 0 Å². The molecule has 1 aromatic heterocycles. The van der Waals surface area contributed by atoms with E-state index in [1.807, 2.05) is 30.3 Å². The van der Waals surface area contributed by atoms with E-state index < -0.39 is 0 Å². The van der Waals surface area contributed by atoms with Crippen molar-refractivity contribution in [3.05, 3.63) is 76.9 Å². The largest absolute Gasteiger partial charge is 0.252 e. The van der Waals surface area contributed by atoms with Gasteiger partial charge < -0.3 is 0 Å². The van der Waals surface area contributed by atoms with E-state index >= 15 is 0 Å². The topological polar surface area (TPSA) is 12.9 Å². The van der Waals surface area contributed by atoms with Crippen molar-refractivity contribution in [2.75, 3.05) is 0 Å². The molecule has 118 valence electrons. The van der Waals surface area contributed by atoms with E-state index in [1.54, 1.807) is 0 Å². The van der Waals surface area contributed by atoms with Crippen molar-refractivity contribution in [3.8, 4) is 0 Å². The number of nitrogens with zero attached hydrogens (tertiary/aromatic N) is 1. The van der Waals surface area contributed by atoms with Gasteiger partial charge in [0.15, 0.2) is 0 Å². The number of hydrogen-bond acceptors (Lipinski definition) is 1. The lowest BCUT2D eigenvalue weighted by Gasteiger charge is -2.28. The van der Waals surface area contributed by atoms with E-state index in [1.165, 1.54) is 5.56 Å². The van der Waals surface area contributed by atoms with Crippen LogP contribution in [0, 0.1) is 0 Å². The number of para-hydroxylation sites is 1. The van der Waals surface area contributed by atoms with Crippen LogP contribution in [0.2, 0.25) is 5.02 Å². The Morgan fingerprint density at radius 2 is 1.65 bits per heavy atom. The molecule has 1 atom stereocenters. The molecule has 0 aliphatic carbocycles. The molecule has 1 heterocycles. The summed E-state index contributed by atoms with van der Waals surface area (Å²) < 4.78 is 0. The molecule has 3 rings (SSSR count). The molecule has 0 spiro atoms. The van der Waals surface area contributed by atoms with Crippen molar-refractivity contribution in [3.63, 3.8) is 0 Å². The van der Waals surface area contributed by atoms with E-state index in [9.17, 15) is 0 Å². The maximum Gasteiger partial charge on any atom is 0.0720 e.